The fourth-order valence-corrected chi connectivity index (χ4v) is 4.04. The number of unbranched alkanes of at least 4 members (excludes halogenated alkanes) is 17. The summed E-state index contributed by atoms with van der Waals surface area (Å²) in [5.41, 5.74) is 0. The molecule has 0 rings (SSSR count). The van der Waals surface area contributed by atoms with Gasteiger partial charge in [0.05, 0.1) is 0 Å². The van der Waals surface area contributed by atoms with Gasteiger partial charge < -0.3 is 5.11 Å². The molecule has 0 bridgehead atoms. The molecule has 3 nitrogen and oxygen atoms in total. The summed E-state index contributed by atoms with van der Waals surface area (Å²) in [6.07, 6.45) is 24.2. The van der Waals surface area contributed by atoms with E-state index < -0.39 is 11.9 Å². The van der Waals surface area contributed by atoms with E-state index in [1.54, 1.807) is 0 Å². The van der Waals surface area contributed by atoms with Gasteiger partial charge in [0, 0.05) is 6.42 Å². The molecule has 1 unspecified atom stereocenters. The van der Waals surface area contributed by atoms with E-state index in [2.05, 4.69) is 13.8 Å². The average Bonchev–Trinajstić information content (AvgIpc) is 2.70. The molecule has 0 saturated carbocycles. The quantitative estimate of drug-likeness (QED) is 0.136. The fourth-order valence-electron chi connectivity index (χ4n) is 4.04. The number of aliphatic carboxylic acids is 1. The molecule has 29 heavy (non-hydrogen) atoms. The second-order valence-electron chi connectivity index (χ2n) is 8.91. The van der Waals surface area contributed by atoms with Crippen LogP contribution in [0.3, 0.4) is 0 Å². The lowest BCUT2D eigenvalue weighted by Crippen LogP contribution is -2.23. The zero-order valence-electron chi connectivity index (χ0n) is 19.7. The van der Waals surface area contributed by atoms with Crippen LogP contribution in [0.4, 0.5) is 0 Å². The smallest absolute Gasteiger partial charge is 0.314 e. The minimum atomic E-state index is -0.915. The number of carbonyl (C=O) groups is 2. The molecule has 0 fully saturated rings. The molecule has 0 amide bonds. The summed E-state index contributed by atoms with van der Waals surface area (Å²) in [6.45, 7) is 4.48. The number of ketones is 1. The number of carbonyl (C=O) groups excluding carboxylic acids is 1. The molecule has 1 N–H and O–H groups in total. The number of carboxylic acid groups (broad SMARTS) is 1. The fraction of sp³-hybridized carbons (Fsp3) is 0.923. The van der Waals surface area contributed by atoms with Crippen molar-refractivity contribution in [2.24, 2.45) is 5.92 Å². The summed E-state index contributed by atoms with van der Waals surface area (Å²) >= 11 is 0. The molecular formula is C26H50O3. The third kappa shape index (κ3) is 18.9. The average molecular weight is 411 g/mol. The van der Waals surface area contributed by atoms with Crippen molar-refractivity contribution in [2.75, 3.05) is 0 Å². The zero-order valence-corrected chi connectivity index (χ0v) is 19.7. The van der Waals surface area contributed by atoms with Crippen molar-refractivity contribution in [3.8, 4) is 0 Å². The molecule has 3 heteroatoms. The maximum absolute atomic E-state index is 12.3. The minimum Gasteiger partial charge on any atom is -0.481 e. The van der Waals surface area contributed by atoms with Gasteiger partial charge in [0.2, 0.25) is 0 Å². The van der Waals surface area contributed by atoms with Gasteiger partial charge >= 0.3 is 5.97 Å². The molecule has 0 aliphatic carbocycles. The van der Waals surface area contributed by atoms with E-state index in [9.17, 15) is 14.7 Å². The van der Waals surface area contributed by atoms with Crippen molar-refractivity contribution >= 4 is 11.8 Å². The van der Waals surface area contributed by atoms with Crippen LogP contribution >= 0.6 is 0 Å². The second kappa shape index (κ2) is 21.8. The first-order valence-electron chi connectivity index (χ1n) is 12.9. The highest BCUT2D eigenvalue weighted by molar-refractivity contribution is 5.98. The first-order chi connectivity index (χ1) is 14.1. The SMILES string of the molecule is CCCCCCCCCCCCC(C(=O)O)C(=O)CCCCCCCCCCC. The van der Waals surface area contributed by atoms with E-state index in [0.29, 0.717) is 12.8 Å². The Morgan fingerprint density at radius 1 is 0.552 bits per heavy atom. The van der Waals surface area contributed by atoms with Gasteiger partial charge in [-0.25, -0.2) is 0 Å². The molecule has 0 aliphatic rings. The monoisotopic (exact) mass is 410 g/mol. The van der Waals surface area contributed by atoms with Crippen molar-refractivity contribution < 1.29 is 14.7 Å². The van der Waals surface area contributed by atoms with Gasteiger partial charge in [-0.2, -0.15) is 0 Å². The van der Waals surface area contributed by atoms with Crippen LogP contribution in [0, 0.1) is 5.92 Å². The Kier molecular flexibility index (Phi) is 21.2. The second-order valence-corrected chi connectivity index (χ2v) is 8.91. The number of carboxylic acids is 1. The standard InChI is InChI=1S/C26H50O3/c1-3-5-7-9-11-13-15-16-18-20-22-24(26(28)29)25(27)23-21-19-17-14-12-10-8-6-4-2/h24H,3-23H2,1-2H3,(H,28,29). The third-order valence-corrected chi connectivity index (χ3v) is 6.06. The molecule has 0 aromatic heterocycles. The molecule has 0 aromatic rings. The summed E-state index contributed by atoms with van der Waals surface area (Å²) < 4.78 is 0. The maximum Gasteiger partial charge on any atom is 0.314 e. The zero-order chi connectivity index (χ0) is 21.6. The van der Waals surface area contributed by atoms with Gasteiger partial charge in [-0.05, 0) is 12.8 Å². The van der Waals surface area contributed by atoms with Crippen LogP contribution in [0.1, 0.15) is 149 Å². The van der Waals surface area contributed by atoms with Crippen molar-refractivity contribution in [3.05, 3.63) is 0 Å². The van der Waals surface area contributed by atoms with Crippen molar-refractivity contribution in [1.82, 2.24) is 0 Å². The van der Waals surface area contributed by atoms with E-state index in [4.69, 9.17) is 0 Å². The maximum atomic E-state index is 12.3. The van der Waals surface area contributed by atoms with Crippen LogP contribution < -0.4 is 0 Å². The number of rotatable bonds is 23. The topological polar surface area (TPSA) is 54.4 Å². The lowest BCUT2D eigenvalue weighted by molar-refractivity contribution is -0.146. The Bertz CT molecular complexity index is 378. The van der Waals surface area contributed by atoms with Crippen molar-refractivity contribution in [1.29, 1.82) is 0 Å². The summed E-state index contributed by atoms with van der Waals surface area (Å²) in [5.74, 6) is -1.73. The molecular weight excluding hydrogens is 360 g/mol. The Balaban J connectivity index is 3.66. The highest BCUT2D eigenvalue weighted by Crippen LogP contribution is 2.18. The predicted octanol–water partition coefficient (Wildman–Crippen LogP) is 8.49. The molecule has 0 aromatic carbocycles. The van der Waals surface area contributed by atoms with Crippen LogP contribution in [-0.2, 0) is 9.59 Å². The lowest BCUT2D eigenvalue weighted by Gasteiger charge is -2.11. The van der Waals surface area contributed by atoms with Gasteiger partial charge in [-0.1, -0.05) is 129 Å². The Morgan fingerprint density at radius 3 is 1.28 bits per heavy atom. The summed E-state index contributed by atoms with van der Waals surface area (Å²) in [6, 6.07) is 0. The van der Waals surface area contributed by atoms with E-state index in [-0.39, 0.29) is 5.78 Å². The summed E-state index contributed by atoms with van der Waals surface area (Å²) in [4.78, 5) is 23.8. The highest BCUT2D eigenvalue weighted by atomic mass is 16.4. The molecule has 1 atom stereocenters. The van der Waals surface area contributed by atoms with Gasteiger partial charge in [0.15, 0.2) is 0 Å². The first-order valence-corrected chi connectivity index (χ1v) is 12.9. The van der Waals surface area contributed by atoms with Crippen molar-refractivity contribution in [3.63, 3.8) is 0 Å². The largest absolute Gasteiger partial charge is 0.481 e. The van der Waals surface area contributed by atoms with Crippen molar-refractivity contribution in [2.45, 2.75) is 149 Å². The Labute approximate surface area is 181 Å². The van der Waals surface area contributed by atoms with Gasteiger partial charge in [0.25, 0.3) is 0 Å². The molecule has 0 aliphatic heterocycles. The number of hydrogen-bond donors (Lipinski definition) is 1. The third-order valence-electron chi connectivity index (χ3n) is 6.06. The highest BCUT2D eigenvalue weighted by Gasteiger charge is 2.24. The number of Topliss-reactive ketones (excluding diaryl/α,β-unsaturated/α-hetero) is 1. The lowest BCUT2D eigenvalue weighted by atomic mass is 9.93. The van der Waals surface area contributed by atoms with E-state index in [1.807, 2.05) is 0 Å². The van der Waals surface area contributed by atoms with Crippen LogP contribution in [0.2, 0.25) is 0 Å². The molecule has 172 valence electrons. The molecule has 0 spiro atoms. The van der Waals surface area contributed by atoms with Crippen LogP contribution in [0.25, 0.3) is 0 Å². The predicted molar refractivity (Wildman–Crippen MR) is 124 cm³/mol. The Hall–Kier alpha value is -0.860. The van der Waals surface area contributed by atoms with E-state index in [1.165, 1.54) is 96.3 Å². The normalized spacial score (nSPS) is 12.2. The van der Waals surface area contributed by atoms with Gasteiger partial charge in [0.1, 0.15) is 11.7 Å². The number of hydrogen-bond acceptors (Lipinski definition) is 2. The van der Waals surface area contributed by atoms with Crippen LogP contribution in [0.15, 0.2) is 0 Å². The molecule has 0 heterocycles. The molecule has 0 saturated heterocycles. The van der Waals surface area contributed by atoms with Gasteiger partial charge in [-0.3, -0.25) is 9.59 Å². The molecule has 0 radical (unpaired) electrons. The van der Waals surface area contributed by atoms with E-state index in [0.717, 1.165) is 25.7 Å². The van der Waals surface area contributed by atoms with E-state index >= 15 is 0 Å². The Morgan fingerprint density at radius 2 is 0.897 bits per heavy atom. The van der Waals surface area contributed by atoms with Gasteiger partial charge in [-0.15, -0.1) is 0 Å². The van der Waals surface area contributed by atoms with Crippen LogP contribution in [-0.4, -0.2) is 16.9 Å². The minimum absolute atomic E-state index is 0.0450. The summed E-state index contributed by atoms with van der Waals surface area (Å²) in [5, 5.41) is 9.41. The summed E-state index contributed by atoms with van der Waals surface area (Å²) in [7, 11) is 0. The van der Waals surface area contributed by atoms with Crippen LogP contribution in [0.5, 0.6) is 0 Å². The first kappa shape index (κ1) is 28.1.